The quantitative estimate of drug-likeness (QED) is 0.586. The maximum absolute atomic E-state index is 12.5. The molecule has 1 amide bonds. The fraction of sp³-hybridized carbons (Fsp3) is 0.111. The Morgan fingerprint density at radius 3 is 2.64 bits per heavy atom. The SMILES string of the molecule is Cc1nc2ccc(C(=O)Nc3nc(-c4ccc[nH]4)cs3)cc2nc1C. The van der Waals surface area contributed by atoms with Crippen molar-refractivity contribution in [3.8, 4) is 11.4 Å². The van der Waals surface area contributed by atoms with Gasteiger partial charge >= 0.3 is 0 Å². The highest BCUT2D eigenvalue weighted by molar-refractivity contribution is 7.14. The second-order valence-corrected chi connectivity index (χ2v) is 6.53. The number of fused-ring (bicyclic) bond motifs is 1. The number of thiazole rings is 1. The molecular weight excluding hydrogens is 334 g/mol. The van der Waals surface area contributed by atoms with Crippen molar-refractivity contribution in [3.05, 3.63) is 58.9 Å². The Balaban J connectivity index is 1.58. The van der Waals surface area contributed by atoms with E-state index in [1.807, 2.05) is 43.6 Å². The molecule has 1 aromatic carbocycles. The van der Waals surface area contributed by atoms with E-state index in [4.69, 9.17) is 0 Å². The molecule has 2 N–H and O–H groups in total. The zero-order valence-electron chi connectivity index (χ0n) is 13.7. The first-order valence-electron chi connectivity index (χ1n) is 7.76. The van der Waals surface area contributed by atoms with Crippen molar-refractivity contribution in [2.75, 3.05) is 5.32 Å². The molecule has 25 heavy (non-hydrogen) atoms. The number of nitrogens with one attached hydrogen (secondary N) is 2. The van der Waals surface area contributed by atoms with Crippen molar-refractivity contribution in [2.24, 2.45) is 0 Å². The van der Waals surface area contributed by atoms with Crippen LogP contribution in [0.15, 0.2) is 41.9 Å². The van der Waals surface area contributed by atoms with Crippen LogP contribution in [0, 0.1) is 13.8 Å². The Labute approximate surface area is 148 Å². The number of anilines is 1. The number of carbonyl (C=O) groups excluding carboxylic acids is 1. The van der Waals surface area contributed by atoms with Crippen molar-refractivity contribution in [1.29, 1.82) is 0 Å². The standard InChI is InChI=1S/C18H15N5OS/c1-10-11(2)21-15-8-12(5-6-14(15)20-10)17(24)23-18-22-16(9-25-18)13-4-3-7-19-13/h3-9,19H,1-2H3,(H,22,23,24). The minimum atomic E-state index is -0.214. The molecule has 0 radical (unpaired) electrons. The predicted molar refractivity (Wildman–Crippen MR) is 98.9 cm³/mol. The summed E-state index contributed by atoms with van der Waals surface area (Å²) >= 11 is 1.39. The third kappa shape index (κ3) is 3.01. The Morgan fingerprint density at radius 1 is 1.08 bits per heavy atom. The summed E-state index contributed by atoms with van der Waals surface area (Å²) in [7, 11) is 0. The fourth-order valence-corrected chi connectivity index (χ4v) is 3.19. The number of hydrogen-bond acceptors (Lipinski definition) is 5. The van der Waals surface area contributed by atoms with Gasteiger partial charge in [0.25, 0.3) is 5.91 Å². The van der Waals surface area contributed by atoms with E-state index in [2.05, 4.69) is 25.3 Å². The average molecular weight is 349 g/mol. The molecule has 0 aliphatic heterocycles. The van der Waals surface area contributed by atoms with Gasteiger partial charge in [-0.3, -0.25) is 10.1 Å². The number of benzene rings is 1. The highest BCUT2D eigenvalue weighted by atomic mass is 32.1. The average Bonchev–Trinajstić information content (AvgIpc) is 3.26. The smallest absolute Gasteiger partial charge is 0.257 e. The number of nitrogens with zero attached hydrogens (tertiary/aromatic N) is 3. The van der Waals surface area contributed by atoms with Crippen LogP contribution in [-0.2, 0) is 0 Å². The lowest BCUT2D eigenvalue weighted by molar-refractivity contribution is 0.102. The van der Waals surface area contributed by atoms with E-state index >= 15 is 0 Å². The van der Waals surface area contributed by atoms with Crippen LogP contribution in [0.2, 0.25) is 0 Å². The Morgan fingerprint density at radius 2 is 1.88 bits per heavy atom. The summed E-state index contributed by atoms with van der Waals surface area (Å²) < 4.78 is 0. The largest absolute Gasteiger partial charge is 0.360 e. The van der Waals surface area contributed by atoms with E-state index < -0.39 is 0 Å². The van der Waals surface area contributed by atoms with Gasteiger partial charge in [-0.15, -0.1) is 11.3 Å². The number of carbonyl (C=O) groups is 1. The number of rotatable bonds is 3. The van der Waals surface area contributed by atoms with Gasteiger partial charge in [-0.2, -0.15) is 0 Å². The summed E-state index contributed by atoms with van der Waals surface area (Å²) in [5.74, 6) is -0.214. The molecular formula is C18H15N5OS. The molecule has 124 valence electrons. The number of aromatic amines is 1. The van der Waals surface area contributed by atoms with Gasteiger partial charge in [-0.05, 0) is 44.2 Å². The maximum Gasteiger partial charge on any atom is 0.257 e. The van der Waals surface area contributed by atoms with E-state index in [1.54, 1.807) is 12.1 Å². The van der Waals surface area contributed by atoms with Gasteiger partial charge in [0, 0.05) is 17.1 Å². The number of amides is 1. The predicted octanol–water partition coefficient (Wildman–Crippen LogP) is 3.95. The van der Waals surface area contributed by atoms with Gasteiger partial charge in [0.15, 0.2) is 5.13 Å². The number of H-pyrrole nitrogens is 1. The molecule has 6 nitrogen and oxygen atoms in total. The van der Waals surface area contributed by atoms with E-state index in [1.165, 1.54) is 11.3 Å². The van der Waals surface area contributed by atoms with Gasteiger partial charge in [0.05, 0.1) is 33.8 Å². The minimum Gasteiger partial charge on any atom is -0.360 e. The summed E-state index contributed by atoms with van der Waals surface area (Å²) in [5, 5.41) is 5.30. The molecule has 0 unspecified atom stereocenters. The highest BCUT2D eigenvalue weighted by Crippen LogP contribution is 2.24. The van der Waals surface area contributed by atoms with Crippen LogP contribution in [0.1, 0.15) is 21.7 Å². The van der Waals surface area contributed by atoms with E-state index in [0.717, 1.165) is 28.3 Å². The second-order valence-electron chi connectivity index (χ2n) is 5.67. The summed E-state index contributed by atoms with van der Waals surface area (Å²) in [6, 6.07) is 9.17. The summed E-state index contributed by atoms with van der Waals surface area (Å²) in [6.07, 6.45) is 1.84. The molecule has 0 atom stereocenters. The molecule has 4 aromatic rings. The molecule has 0 aliphatic rings. The molecule has 0 aliphatic carbocycles. The Bertz CT molecular complexity index is 1070. The summed E-state index contributed by atoms with van der Waals surface area (Å²) in [4.78, 5) is 29.0. The van der Waals surface area contributed by atoms with E-state index in [9.17, 15) is 4.79 Å². The molecule has 4 rings (SSSR count). The van der Waals surface area contributed by atoms with Crippen LogP contribution in [0.5, 0.6) is 0 Å². The lowest BCUT2D eigenvalue weighted by Gasteiger charge is -2.05. The zero-order valence-corrected chi connectivity index (χ0v) is 14.5. The topological polar surface area (TPSA) is 83.6 Å². The maximum atomic E-state index is 12.5. The number of aromatic nitrogens is 4. The molecule has 7 heteroatoms. The van der Waals surface area contributed by atoms with Gasteiger partial charge < -0.3 is 4.98 Å². The van der Waals surface area contributed by atoms with Gasteiger partial charge in [-0.1, -0.05) is 0 Å². The monoisotopic (exact) mass is 349 g/mol. The van der Waals surface area contributed by atoms with Crippen molar-refractivity contribution in [2.45, 2.75) is 13.8 Å². The third-order valence-electron chi connectivity index (χ3n) is 3.94. The van der Waals surface area contributed by atoms with Crippen LogP contribution < -0.4 is 5.32 Å². The van der Waals surface area contributed by atoms with Crippen LogP contribution in [0.4, 0.5) is 5.13 Å². The van der Waals surface area contributed by atoms with Gasteiger partial charge in [0.1, 0.15) is 0 Å². The lowest BCUT2D eigenvalue weighted by Crippen LogP contribution is -2.11. The van der Waals surface area contributed by atoms with Crippen LogP contribution in [0.3, 0.4) is 0 Å². The first-order chi connectivity index (χ1) is 12.1. The van der Waals surface area contributed by atoms with Crippen molar-refractivity contribution < 1.29 is 4.79 Å². The van der Waals surface area contributed by atoms with Gasteiger partial charge in [-0.25, -0.2) is 15.0 Å². The number of aryl methyl sites for hydroxylation is 2. The Kier molecular flexibility index (Phi) is 3.77. The third-order valence-corrected chi connectivity index (χ3v) is 4.69. The van der Waals surface area contributed by atoms with Crippen molar-refractivity contribution >= 4 is 33.4 Å². The molecule has 0 spiro atoms. The molecule has 0 saturated heterocycles. The zero-order chi connectivity index (χ0) is 17.4. The second kappa shape index (κ2) is 6.10. The first kappa shape index (κ1) is 15.5. The van der Waals surface area contributed by atoms with Crippen molar-refractivity contribution in [3.63, 3.8) is 0 Å². The molecule has 0 saturated carbocycles. The minimum absolute atomic E-state index is 0.214. The molecule has 0 fully saturated rings. The van der Waals surface area contributed by atoms with Crippen LogP contribution >= 0.6 is 11.3 Å². The molecule has 0 bridgehead atoms. The normalized spacial score (nSPS) is 11.0. The summed E-state index contributed by atoms with van der Waals surface area (Å²) in [6.45, 7) is 3.83. The lowest BCUT2D eigenvalue weighted by atomic mass is 10.1. The highest BCUT2D eigenvalue weighted by Gasteiger charge is 2.12. The van der Waals surface area contributed by atoms with Crippen LogP contribution in [-0.4, -0.2) is 25.8 Å². The number of hydrogen-bond donors (Lipinski definition) is 2. The van der Waals surface area contributed by atoms with E-state index in [0.29, 0.717) is 16.2 Å². The fourth-order valence-electron chi connectivity index (χ4n) is 2.49. The first-order valence-corrected chi connectivity index (χ1v) is 8.64. The van der Waals surface area contributed by atoms with Gasteiger partial charge in [0.2, 0.25) is 0 Å². The summed E-state index contributed by atoms with van der Waals surface area (Å²) in [5.41, 5.74) is 5.50. The van der Waals surface area contributed by atoms with Crippen molar-refractivity contribution in [1.82, 2.24) is 19.9 Å². The van der Waals surface area contributed by atoms with E-state index in [-0.39, 0.29) is 5.91 Å². The van der Waals surface area contributed by atoms with Crippen LogP contribution in [0.25, 0.3) is 22.4 Å². The molecule has 3 heterocycles. The molecule has 3 aromatic heterocycles. The Hall–Kier alpha value is -3.06.